The Bertz CT molecular complexity index is 750. The number of rotatable bonds is 3. The third kappa shape index (κ3) is 2.67. The van der Waals surface area contributed by atoms with Gasteiger partial charge in [0.1, 0.15) is 18.7 Å². The van der Waals surface area contributed by atoms with Crippen molar-refractivity contribution >= 4 is 5.69 Å². The molecule has 1 unspecified atom stereocenters. The normalized spacial score (nSPS) is 11.8. The summed E-state index contributed by atoms with van der Waals surface area (Å²) >= 11 is 0. The Morgan fingerprint density at radius 1 is 1.00 bits per heavy atom. The third-order valence-electron chi connectivity index (χ3n) is 3.43. The summed E-state index contributed by atoms with van der Waals surface area (Å²) in [5.41, 5.74) is 4.08. The van der Waals surface area contributed by atoms with Crippen LogP contribution in [-0.2, 0) is 0 Å². The lowest BCUT2D eigenvalue weighted by molar-refractivity contribution is 0.594. The van der Waals surface area contributed by atoms with E-state index >= 15 is 0 Å². The molecule has 0 saturated heterocycles. The standard InChI is InChI=1S/C17H14N4/c1-13-3-5-14(6-4-13)17(21-12-19-11-20-21)15-7-9-16(18-2)10-8-15/h3-12,17H,1H3. The summed E-state index contributed by atoms with van der Waals surface area (Å²) in [6, 6.07) is 16.0. The molecule has 1 atom stereocenters. The molecule has 1 aromatic heterocycles. The van der Waals surface area contributed by atoms with Crippen molar-refractivity contribution < 1.29 is 0 Å². The minimum Gasteiger partial charge on any atom is -0.241 e. The Hall–Kier alpha value is -2.93. The zero-order chi connectivity index (χ0) is 14.7. The van der Waals surface area contributed by atoms with Crippen molar-refractivity contribution in [3.8, 4) is 0 Å². The summed E-state index contributed by atoms with van der Waals surface area (Å²) in [4.78, 5) is 7.48. The van der Waals surface area contributed by atoms with E-state index < -0.39 is 0 Å². The number of hydrogen-bond donors (Lipinski definition) is 0. The minimum atomic E-state index is -0.0344. The van der Waals surface area contributed by atoms with Gasteiger partial charge in [-0.1, -0.05) is 54.1 Å². The lowest BCUT2D eigenvalue weighted by Gasteiger charge is -2.18. The van der Waals surface area contributed by atoms with Crippen molar-refractivity contribution in [1.29, 1.82) is 0 Å². The van der Waals surface area contributed by atoms with Gasteiger partial charge in [-0.05, 0) is 18.1 Å². The Labute approximate surface area is 123 Å². The number of hydrogen-bond acceptors (Lipinski definition) is 2. The monoisotopic (exact) mass is 274 g/mol. The molecule has 3 aromatic rings. The first-order chi connectivity index (χ1) is 10.3. The van der Waals surface area contributed by atoms with E-state index in [9.17, 15) is 0 Å². The number of benzene rings is 2. The van der Waals surface area contributed by atoms with Crippen LogP contribution in [0.4, 0.5) is 5.69 Å². The summed E-state index contributed by atoms with van der Waals surface area (Å²) in [5.74, 6) is 0. The van der Waals surface area contributed by atoms with Gasteiger partial charge in [-0.3, -0.25) is 0 Å². The summed E-state index contributed by atoms with van der Waals surface area (Å²) in [6.07, 6.45) is 3.25. The van der Waals surface area contributed by atoms with Crippen LogP contribution >= 0.6 is 0 Å². The zero-order valence-electron chi connectivity index (χ0n) is 11.6. The van der Waals surface area contributed by atoms with E-state index in [0.29, 0.717) is 5.69 Å². The van der Waals surface area contributed by atoms with Crippen molar-refractivity contribution in [2.45, 2.75) is 13.0 Å². The molecule has 0 aliphatic rings. The molecule has 2 aromatic carbocycles. The summed E-state index contributed by atoms with van der Waals surface area (Å²) in [6.45, 7) is 9.11. The van der Waals surface area contributed by atoms with Crippen LogP contribution in [0.5, 0.6) is 0 Å². The van der Waals surface area contributed by atoms with Crippen LogP contribution in [0.25, 0.3) is 4.85 Å². The quantitative estimate of drug-likeness (QED) is 0.681. The minimum absolute atomic E-state index is 0.0344. The summed E-state index contributed by atoms with van der Waals surface area (Å²) < 4.78 is 1.83. The van der Waals surface area contributed by atoms with E-state index in [-0.39, 0.29) is 6.04 Å². The lowest BCUT2D eigenvalue weighted by atomic mass is 9.98. The molecule has 0 bridgehead atoms. The Morgan fingerprint density at radius 2 is 1.62 bits per heavy atom. The van der Waals surface area contributed by atoms with E-state index in [0.717, 1.165) is 11.1 Å². The zero-order valence-corrected chi connectivity index (χ0v) is 11.6. The fraction of sp³-hybridized carbons (Fsp3) is 0.118. The van der Waals surface area contributed by atoms with E-state index in [1.807, 2.05) is 28.9 Å². The van der Waals surface area contributed by atoms with Crippen LogP contribution in [0.2, 0.25) is 0 Å². The van der Waals surface area contributed by atoms with Gasteiger partial charge in [-0.25, -0.2) is 14.5 Å². The molecule has 0 radical (unpaired) electrons. The van der Waals surface area contributed by atoms with Crippen LogP contribution in [0, 0.1) is 13.5 Å². The summed E-state index contributed by atoms with van der Waals surface area (Å²) in [7, 11) is 0. The van der Waals surface area contributed by atoms with Crippen LogP contribution in [0.1, 0.15) is 22.7 Å². The number of nitrogens with zero attached hydrogens (tertiary/aromatic N) is 4. The van der Waals surface area contributed by atoms with Crippen molar-refractivity contribution in [1.82, 2.24) is 14.8 Å². The van der Waals surface area contributed by atoms with Gasteiger partial charge in [-0.2, -0.15) is 5.10 Å². The number of aryl methyl sites for hydroxylation is 1. The first-order valence-electron chi connectivity index (χ1n) is 6.66. The molecule has 3 rings (SSSR count). The second-order valence-corrected chi connectivity index (χ2v) is 4.89. The molecule has 4 heteroatoms. The average molecular weight is 274 g/mol. The smallest absolute Gasteiger partial charge is 0.187 e. The summed E-state index contributed by atoms with van der Waals surface area (Å²) in [5, 5.41) is 4.28. The molecule has 0 fully saturated rings. The van der Waals surface area contributed by atoms with Crippen LogP contribution in [-0.4, -0.2) is 14.8 Å². The topological polar surface area (TPSA) is 35.1 Å². The van der Waals surface area contributed by atoms with Gasteiger partial charge in [0.2, 0.25) is 0 Å². The fourth-order valence-electron chi connectivity index (χ4n) is 2.33. The first kappa shape index (κ1) is 13.1. The van der Waals surface area contributed by atoms with Crippen LogP contribution < -0.4 is 0 Å². The van der Waals surface area contributed by atoms with Gasteiger partial charge in [0.25, 0.3) is 0 Å². The highest BCUT2D eigenvalue weighted by Crippen LogP contribution is 2.27. The fourth-order valence-corrected chi connectivity index (χ4v) is 2.33. The van der Waals surface area contributed by atoms with Gasteiger partial charge in [-0.15, -0.1) is 0 Å². The highest BCUT2D eigenvalue weighted by molar-refractivity contribution is 5.47. The predicted octanol–water partition coefficient (Wildman–Crippen LogP) is 3.78. The molecule has 4 nitrogen and oxygen atoms in total. The van der Waals surface area contributed by atoms with Gasteiger partial charge < -0.3 is 0 Å². The maximum Gasteiger partial charge on any atom is 0.187 e. The van der Waals surface area contributed by atoms with Crippen molar-refractivity contribution in [3.63, 3.8) is 0 Å². The molecular formula is C17H14N4. The Balaban J connectivity index is 2.08. The van der Waals surface area contributed by atoms with Crippen molar-refractivity contribution in [3.05, 3.63) is 89.3 Å². The molecule has 0 aliphatic heterocycles. The average Bonchev–Trinajstić information content (AvgIpc) is 3.04. The second-order valence-electron chi connectivity index (χ2n) is 4.89. The third-order valence-corrected chi connectivity index (χ3v) is 3.43. The molecule has 1 heterocycles. The largest absolute Gasteiger partial charge is 0.241 e. The first-order valence-corrected chi connectivity index (χ1v) is 6.66. The Morgan fingerprint density at radius 3 is 2.14 bits per heavy atom. The van der Waals surface area contributed by atoms with Crippen LogP contribution in [0.3, 0.4) is 0 Å². The number of aromatic nitrogens is 3. The van der Waals surface area contributed by atoms with Gasteiger partial charge in [0.15, 0.2) is 5.69 Å². The Kier molecular flexibility index (Phi) is 3.48. The van der Waals surface area contributed by atoms with E-state index in [4.69, 9.17) is 6.57 Å². The molecule has 0 aliphatic carbocycles. The maximum atomic E-state index is 7.05. The molecule has 0 saturated carbocycles. The molecule has 0 N–H and O–H groups in total. The van der Waals surface area contributed by atoms with Gasteiger partial charge in [0.05, 0.1) is 6.57 Å². The highest BCUT2D eigenvalue weighted by atomic mass is 15.3. The van der Waals surface area contributed by atoms with Crippen molar-refractivity contribution in [2.75, 3.05) is 0 Å². The van der Waals surface area contributed by atoms with Crippen LogP contribution in [0.15, 0.2) is 61.2 Å². The van der Waals surface area contributed by atoms with Gasteiger partial charge in [0, 0.05) is 0 Å². The van der Waals surface area contributed by atoms with Crippen molar-refractivity contribution in [2.24, 2.45) is 0 Å². The van der Waals surface area contributed by atoms with Gasteiger partial charge >= 0.3 is 0 Å². The SMILES string of the molecule is [C-]#[N+]c1ccc(C(c2ccc(C)cc2)n2cncn2)cc1. The highest BCUT2D eigenvalue weighted by Gasteiger charge is 2.16. The van der Waals surface area contributed by atoms with E-state index in [1.54, 1.807) is 6.33 Å². The lowest BCUT2D eigenvalue weighted by Crippen LogP contribution is -2.12. The van der Waals surface area contributed by atoms with E-state index in [2.05, 4.69) is 46.1 Å². The van der Waals surface area contributed by atoms with E-state index in [1.165, 1.54) is 11.9 Å². The predicted molar refractivity (Wildman–Crippen MR) is 81.1 cm³/mol. The molecular weight excluding hydrogens is 260 g/mol. The molecule has 0 spiro atoms. The molecule has 21 heavy (non-hydrogen) atoms. The maximum absolute atomic E-state index is 7.05. The molecule has 102 valence electrons. The second kappa shape index (κ2) is 5.59. The molecule has 0 amide bonds.